The van der Waals surface area contributed by atoms with E-state index in [1.165, 1.54) is 31.2 Å². The highest BCUT2D eigenvalue weighted by atomic mass is 16.5. The molecule has 2 aliphatic carbocycles. The van der Waals surface area contributed by atoms with Gasteiger partial charge in [0.1, 0.15) is 0 Å². The van der Waals surface area contributed by atoms with Gasteiger partial charge in [-0.1, -0.05) is 36.2 Å². The molecule has 0 radical (unpaired) electrons. The lowest BCUT2D eigenvalue weighted by atomic mass is 9.70. The van der Waals surface area contributed by atoms with E-state index in [1.54, 1.807) is 5.56 Å². The molecule has 18 heavy (non-hydrogen) atoms. The van der Waals surface area contributed by atoms with Crippen LogP contribution in [0.5, 0.6) is 0 Å². The number of aryl methyl sites for hydroxylation is 1. The summed E-state index contributed by atoms with van der Waals surface area (Å²) in [6, 6.07) is 9.20. The van der Waals surface area contributed by atoms with Crippen molar-refractivity contribution in [1.82, 2.24) is 0 Å². The second-order valence-electron chi connectivity index (χ2n) is 6.31. The summed E-state index contributed by atoms with van der Waals surface area (Å²) < 4.78 is 5.51. The van der Waals surface area contributed by atoms with Crippen LogP contribution in [0.2, 0.25) is 0 Å². The Morgan fingerprint density at radius 3 is 2.61 bits per heavy atom. The molecule has 1 nitrogen and oxygen atoms in total. The van der Waals surface area contributed by atoms with Crippen LogP contribution in [0.4, 0.5) is 0 Å². The van der Waals surface area contributed by atoms with Crippen molar-refractivity contribution < 1.29 is 4.74 Å². The first kappa shape index (κ1) is 12.2. The molecule has 0 spiro atoms. The van der Waals surface area contributed by atoms with Gasteiger partial charge in [-0.2, -0.15) is 0 Å². The number of hydrogen-bond donors (Lipinski definition) is 0. The quantitative estimate of drug-likeness (QED) is 0.775. The lowest BCUT2D eigenvalue weighted by molar-refractivity contribution is 0.0830. The Morgan fingerprint density at radius 1 is 1.11 bits per heavy atom. The molecule has 0 aliphatic heterocycles. The van der Waals surface area contributed by atoms with Crippen molar-refractivity contribution in [3.63, 3.8) is 0 Å². The molecule has 0 amide bonds. The van der Waals surface area contributed by atoms with Crippen molar-refractivity contribution in [2.24, 2.45) is 17.8 Å². The minimum atomic E-state index is 0.733. The Kier molecular flexibility index (Phi) is 3.43. The molecule has 4 unspecified atom stereocenters. The third-order valence-corrected chi connectivity index (χ3v) is 5.16. The topological polar surface area (TPSA) is 9.23 Å². The van der Waals surface area contributed by atoms with E-state index < -0.39 is 0 Å². The van der Waals surface area contributed by atoms with Gasteiger partial charge < -0.3 is 4.74 Å². The number of benzene rings is 1. The molecule has 0 saturated heterocycles. The molecule has 0 heterocycles. The average molecular weight is 244 g/mol. The molecule has 4 atom stereocenters. The maximum Gasteiger partial charge on any atom is 0.0499 e. The summed E-state index contributed by atoms with van der Waals surface area (Å²) in [6.07, 6.45) is 5.72. The summed E-state index contributed by atoms with van der Waals surface area (Å²) in [7, 11) is 1.85. The molecule has 0 N–H and O–H groups in total. The van der Waals surface area contributed by atoms with Gasteiger partial charge in [-0.05, 0) is 55.4 Å². The highest BCUT2D eigenvalue weighted by Crippen LogP contribution is 2.51. The fourth-order valence-electron chi connectivity index (χ4n) is 4.22. The van der Waals surface area contributed by atoms with Crippen LogP contribution in [0, 0.1) is 24.7 Å². The van der Waals surface area contributed by atoms with E-state index in [4.69, 9.17) is 4.74 Å². The molecule has 1 aromatic carbocycles. The van der Waals surface area contributed by atoms with Crippen LogP contribution in [0.15, 0.2) is 24.3 Å². The van der Waals surface area contributed by atoms with Gasteiger partial charge in [-0.3, -0.25) is 0 Å². The smallest absolute Gasteiger partial charge is 0.0499 e. The number of rotatable bonds is 3. The van der Waals surface area contributed by atoms with Gasteiger partial charge >= 0.3 is 0 Å². The summed E-state index contributed by atoms with van der Waals surface area (Å²) in [5.41, 5.74) is 2.90. The highest BCUT2D eigenvalue weighted by Gasteiger charge is 2.42. The highest BCUT2D eigenvalue weighted by molar-refractivity contribution is 5.26. The largest absolute Gasteiger partial charge is 0.384 e. The molecular formula is C17H24O. The van der Waals surface area contributed by atoms with Gasteiger partial charge in [-0.25, -0.2) is 0 Å². The van der Waals surface area contributed by atoms with Crippen LogP contribution in [0.3, 0.4) is 0 Å². The summed E-state index contributed by atoms with van der Waals surface area (Å²) >= 11 is 0. The molecule has 2 fully saturated rings. The van der Waals surface area contributed by atoms with Crippen molar-refractivity contribution >= 4 is 0 Å². The zero-order chi connectivity index (χ0) is 12.5. The number of fused-ring (bicyclic) bond motifs is 2. The zero-order valence-corrected chi connectivity index (χ0v) is 11.6. The lowest BCUT2D eigenvalue weighted by Crippen LogP contribution is -2.29. The summed E-state index contributed by atoms with van der Waals surface area (Å²) in [4.78, 5) is 0. The Hall–Kier alpha value is -0.820. The SMILES string of the molecule is COCC1C2CCC(C2)CC1c1ccc(C)cc1. The maximum absolute atomic E-state index is 5.51. The first-order valence-electron chi connectivity index (χ1n) is 7.33. The lowest BCUT2D eigenvalue weighted by Gasteiger charge is -2.36. The van der Waals surface area contributed by atoms with Gasteiger partial charge in [0.15, 0.2) is 0 Å². The molecule has 2 aliphatic rings. The van der Waals surface area contributed by atoms with Crippen molar-refractivity contribution in [3.05, 3.63) is 35.4 Å². The van der Waals surface area contributed by atoms with E-state index in [1.807, 2.05) is 7.11 Å². The van der Waals surface area contributed by atoms with Crippen LogP contribution in [0.25, 0.3) is 0 Å². The van der Waals surface area contributed by atoms with E-state index in [2.05, 4.69) is 31.2 Å². The molecule has 2 saturated carbocycles. The maximum atomic E-state index is 5.51. The van der Waals surface area contributed by atoms with E-state index in [9.17, 15) is 0 Å². The van der Waals surface area contributed by atoms with Crippen LogP contribution >= 0.6 is 0 Å². The average Bonchev–Trinajstić information content (AvgIpc) is 2.77. The normalized spacial score (nSPS) is 34.8. The van der Waals surface area contributed by atoms with Crippen molar-refractivity contribution in [2.45, 2.75) is 38.5 Å². The van der Waals surface area contributed by atoms with E-state index in [-0.39, 0.29) is 0 Å². The third-order valence-electron chi connectivity index (χ3n) is 5.16. The van der Waals surface area contributed by atoms with E-state index >= 15 is 0 Å². The Bertz CT molecular complexity index is 395. The molecule has 0 aromatic heterocycles. The Morgan fingerprint density at radius 2 is 1.89 bits per heavy atom. The summed E-state index contributed by atoms with van der Waals surface area (Å²) in [5, 5.41) is 0. The first-order chi connectivity index (χ1) is 8.78. The monoisotopic (exact) mass is 244 g/mol. The third kappa shape index (κ3) is 2.21. The van der Waals surface area contributed by atoms with E-state index in [0.717, 1.165) is 30.3 Å². The van der Waals surface area contributed by atoms with Crippen LogP contribution < -0.4 is 0 Å². The van der Waals surface area contributed by atoms with Crippen molar-refractivity contribution in [3.8, 4) is 0 Å². The van der Waals surface area contributed by atoms with Gasteiger partial charge in [-0.15, -0.1) is 0 Å². The first-order valence-corrected chi connectivity index (χ1v) is 7.33. The zero-order valence-electron chi connectivity index (χ0n) is 11.6. The van der Waals surface area contributed by atoms with Crippen LogP contribution in [0.1, 0.15) is 42.7 Å². The Balaban J connectivity index is 1.86. The van der Waals surface area contributed by atoms with Gasteiger partial charge in [0.2, 0.25) is 0 Å². The second kappa shape index (κ2) is 5.05. The van der Waals surface area contributed by atoms with Gasteiger partial charge in [0.25, 0.3) is 0 Å². The molecule has 2 bridgehead atoms. The van der Waals surface area contributed by atoms with Gasteiger partial charge in [0, 0.05) is 13.7 Å². The fourth-order valence-corrected chi connectivity index (χ4v) is 4.22. The molecular weight excluding hydrogens is 220 g/mol. The summed E-state index contributed by atoms with van der Waals surface area (Å²) in [5.74, 6) is 3.37. The predicted molar refractivity (Wildman–Crippen MR) is 74.7 cm³/mol. The number of ether oxygens (including phenoxy) is 1. The summed E-state index contributed by atoms with van der Waals surface area (Å²) in [6.45, 7) is 3.11. The number of hydrogen-bond acceptors (Lipinski definition) is 1. The minimum absolute atomic E-state index is 0.733. The number of methoxy groups -OCH3 is 1. The molecule has 98 valence electrons. The fraction of sp³-hybridized carbons (Fsp3) is 0.647. The van der Waals surface area contributed by atoms with Crippen LogP contribution in [-0.4, -0.2) is 13.7 Å². The Labute approximate surface area is 111 Å². The van der Waals surface area contributed by atoms with Crippen molar-refractivity contribution in [1.29, 1.82) is 0 Å². The predicted octanol–water partition coefficient (Wildman–Crippen LogP) is 4.16. The van der Waals surface area contributed by atoms with E-state index in [0.29, 0.717) is 0 Å². The standard InChI is InChI=1S/C17H24O/c1-12-3-6-14(7-4-12)16-10-13-5-8-15(9-13)17(16)11-18-2/h3-4,6-7,13,15-17H,5,8-11H2,1-2H3. The van der Waals surface area contributed by atoms with Crippen LogP contribution in [-0.2, 0) is 4.74 Å². The molecule has 3 rings (SSSR count). The minimum Gasteiger partial charge on any atom is -0.384 e. The van der Waals surface area contributed by atoms with Gasteiger partial charge in [0.05, 0.1) is 0 Å². The molecule has 1 heteroatoms. The van der Waals surface area contributed by atoms with Crippen molar-refractivity contribution in [2.75, 3.05) is 13.7 Å². The second-order valence-corrected chi connectivity index (χ2v) is 6.31. The molecule has 1 aromatic rings.